The maximum absolute atomic E-state index is 12.9. The first-order valence-corrected chi connectivity index (χ1v) is 11.9. The molecule has 1 aromatic carbocycles. The molecule has 1 aliphatic heterocycles. The quantitative estimate of drug-likeness (QED) is 0.579. The molecule has 0 bridgehead atoms. The summed E-state index contributed by atoms with van der Waals surface area (Å²) in [5.74, 6) is -0.220. The molecule has 1 atom stereocenters. The van der Waals surface area contributed by atoms with Crippen LogP contribution >= 0.6 is 0 Å². The van der Waals surface area contributed by atoms with Crippen LogP contribution in [0.1, 0.15) is 67.7 Å². The largest absolute Gasteiger partial charge is 0.368 e. The van der Waals surface area contributed by atoms with Gasteiger partial charge in [-0.25, -0.2) is 4.85 Å². The van der Waals surface area contributed by atoms with Crippen molar-refractivity contribution in [2.45, 2.75) is 46.1 Å². The molecule has 0 saturated carbocycles. The Hall–Kier alpha value is -2.88. The number of carbonyl (C=O) groups excluding carboxylic acids is 1. The highest BCUT2D eigenvalue weighted by Crippen LogP contribution is 2.41. The number of nitrogens with one attached hydrogen (secondary N) is 2. The molecule has 4 rings (SSSR count). The SMILES string of the molecule is [C-]#[N+]c1c[nH]c(C(=O)Nc2ccc(C(C)N3CCN(C)CC3)cc2C2=CCC(C)(C)CC2)c1. The van der Waals surface area contributed by atoms with Crippen LogP contribution in [0, 0.1) is 12.0 Å². The van der Waals surface area contributed by atoms with Crippen molar-refractivity contribution >= 4 is 22.9 Å². The van der Waals surface area contributed by atoms with Crippen molar-refractivity contribution in [1.29, 1.82) is 0 Å². The van der Waals surface area contributed by atoms with E-state index in [0.29, 0.717) is 22.8 Å². The van der Waals surface area contributed by atoms with Gasteiger partial charge in [0.15, 0.2) is 0 Å². The molecular weight excluding hydrogens is 410 g/mol. The van der Waals surface area contributed by atoms with Crippen LogP contribution in [-0.2, 0) is 0 Å². The zero-order chi connectivity index (χ0) is 23.6. The Morgan fingerprint density at radius 3 is 2.61 bits per heavy atom. The number of carbonyl (C=O) groups is 1. The van der Waals surface area contributed by atoms with Gasteiger partial charge in [0.2, 0.25) is 5.69 Å². The first kappa shape index (κ1) is 23.3. The number of rotatable bonds is 5. The third kappa shape index (κ3) is 5.38. The Kier molecular flexibility index (Phi) is 6.73. The van der Waals surface area contributed by atoms with E-state index in [1.807, 2.05) is 0 Å². The lowest BCUT2D eigenvalue weighted by atomic mass is 9.76. The van der Waals surface area contributed by atoms with Crippen LogP contribution in [0.15, 0.2) is 36.5 Å². The summed E-state index contributed by atoms with van der Waals surface area (Å²) in [5, 5.41) is 3.10. The number of anilines is 1. The van der Waals surface area contributed by atoms with E-state index in [2.05, 4.69) is 77.0 Å². The molecule has 174 valence electrons. The number of H-pyrrole nitrogens is 1. The normalized spacial score (nSPS) is 20.0. The average molecular weight is 446 g/mol. The van der Waals surface area contributed by atoms with E-state index in [4.69, 9.17) is 6.57 Å². The van der Waals surface area contributed by atoms with Gasteiger partial charge in [0.25, 0.3) is 5.91 Å². The average Bonchev–Trinajstić information content (AvgIpc) is 3.29. The van der Waals surface area contributed by atoms with E-state index in [-0.39, 0.29) is 5.91 Å². The molecule has 2 aliphatic rings. The van der Waals surface area contributed by atoms with E-state index in [0.717, 1.165) is 56.7 Å². The fourth-order valence-electron chi connectivity index (χ4n) is 4.71. The Morgan fingerprint density at radius 2 is 1.97 bits per heavy atom. The molecule has 33 heavy (non-hydrogen) atoms. The van der Waals surface area contributed by atoms with Gasteiger partial charge in [-0.1, -0.05) is 26.0 Å². The van der Waals surface area contributed by atoms with Crippen LogP contribution in [-0.4, -0.2) is 53.9 Å². The molecule has 1 fully saturated rings. The molecular formula is C27H35N5O. The molecule has 1 saturated heterocycles. The minimum Gasteiger partial charge on any atom is -0.368 e. The van der Waals surface area contributed by atoms with Crippen molar-refractivity contribution in [3.8, 4) is 0 Å². The van der Waals surface area contributed by atoms with Crippen molar-refractivity contribution in [2.24, 2.45) is 5.41 Å². The molecule has 6 heteroatoms. The Labute approximate surface area is 197 Å². The Balaban J connectivity index is 1.63. The van der Waals surface area contributed by atoms with Crippen LogP contribution in [0.5, 0.6) is 0 Å². The minimum atomic E-state index is -0.220. The van der Waals surface area contributed by atoms with E-state index in [1.54, 1.807) is 12.3 Å². The topological polar surface area (TPSA) is 55.7 Å². The first-order chi connectivity index (χ1) is 15.8. The molecule has 2 aromatic rings. The van der Waals surface area contributed by atoms with Crippen LogP contribution in [0.3, 0.4) is 0 Å². The highest BCUT2D eigenvalue weighted by Gasteiger charge is 2.25. The number of allylic oxidation sites excluding steroid dienone is 2. The zero-order valence-electron chi connectivity index (χ0n) is 20.2. The Bertz CT molecular complexity index is 1080. The van der Waals surface area contributed by atoms with Crippen molar-refractivity contribution in [3.05, 3.63) is 64.8 Å². The van der Waals surface area contributed by atoms with E-state index >= 15 is 0 Å². The molecule has 1 aromatic heterocycles. The van der Waals surface area contributed by atoms with Gasteiger partial charge in [0.05, 0.1) is 12.3 Å². The lowest BCUT2D eigenvalue weighted by Crippen LogP contribution is -2.45. The molecule has 6 nitrogen and oxygen atoms in total. The predicted octanol–water partition coefficient (Wildman–Crippen LogP) is 5.72. The van der Waals surface area contributed by atoms with E-state index in [9.17, 15) is 4.79 Å². The van der Waals surface area contributed by atoms with E-state index < -0.39 is 0 Å². The lowest BCUT2D eigenvalue weighted by molar-refractivity contribution is 0.102. The van der Waals surface area contributed by atoms with Crippen LogP contribution in [0.4, 0.5) is 11.4 Å². The summed E-state index contributed by atoms with van der Waals surface area (Å²) in [6.45, 7) is 18.4. The van der Waals surface area contributed by atoms with Crippen molar-refractivity contribution in [2.75, 3.05) is 38.5 Å². The molecule has 1 unspecified atom stereocenters. The number of nitrogens with zero attached hydrogens (tertiary/aromatic N) is 3. The standard InChI is InChI=1S/C27H35N5O/c1-19(32-14-12-31(5)13-15-32)21-6-7-24(30-26(33)25-17-22(28-4)18-29-25)23(16-21)20-8-10-27(2,3)11-9-20/h6-8,16-19,29H,9-15H2,1-3,5H3,(H,30,33). The molecule has 2 heterocycles. The summed E-state index contributed by atoms with van der Waals surface area (Å²) in [6.07, 6.45) is 7.10. The van der Waals surface area contributed by atoms with Crippen molar-refractivity contribution in [3.63, 3.8) is 0 Å². The van der Waals surface area contributed by atoms with Gasteiger partial charge in [-0.2, -0.15) is 0 Å². The molecule has 1 aliphatic carbocycles. The summed E-state index contributed by atoms with van der Waals surface area (Å²) in [4.78, 5) is 24.1. The highest BCUT2D eigenvalue weighted by molar-refractivity contribution is 6.05. The maximum atomic E-state index is 12.9. The second-order valence-corrected chi connectivity index (χ2v) is 10.3. The van der Waals surface area contributed by atoms with Gasteiger partial charge in [-0.15, -0.1) is 0 Å². The van der Waals surface area contributed by atoms with Gasteiger partial charge in [0, 0.05) is 49.7 Å². The summed E-state index contributed by atoms with van der Waals surface area (Å²) in [6, 6.07) is 8.40. The number of aromatic nitrogens is 1. The number of benzene rings is 1. The van der Waals surface area contributed by atoms with Gasteiger partial charge in [-0.05, 0) is 68.0 Å². The second-order valence-electron chi connectivity index (χ2n) is 10.3. The van der Waals surface area contributed by atoms with Gasteiger partial charge < -0.3 is 15.2 Å². The van der Waals surface area contributed by atoms with Gasteiger partial charge in [-0.3, -0.25) is 9.69 Å². The minimum absolute atomic E-state index is 0.220. The van der Waals surface area contributed by atoms with Crippen LogP contribution in [0.2, 0.25) is 0 Å². The smallest absolute Gasteiger partial charge is 0.270 e. The number of amides is 1. The molecule has 1 amide bonds. The number of likely N-dealkylation sites (N-methyl/N-ethyl adjacent to an activating group) is 1. The third-order valence-electron chi connectivity index (χ3n) is 7.22. The van der Waals surface area contributed by atoms with Crippen LogP contribution < -0.4 is 5.32 Å². The van der Waals surface area contributed by atoms with Gasteiger partial charge >= 0.3 is 0 Å². The highest BCUT2D eigenvalue weighted by atomic mass is 16.1. The summed E-state index contributed by atoms with van der Waals surface area (Å²) < 4.78 is 0. The summed E-state index contributed by atoms with van der Waals surface area (Å²) in [7, 11) is 2.18. The monoisotopic (exact) mass is 445 g/mol. The molecule has 0 radical (unpaired) electrons. The summed E-state index contributed by atoms with van der Waals surface area (Å²) >= 11 is 0. The lowest BCUT2D eigenvalue weighted by Gasteiger charge is -2.37. The van der Waals surface area contributed by atoms with Crippen molar-refractivity contribution in [1.82, 2.24) is 14.8 Å². The fourth-order valence-corrected chi connectivity index (χ4v) is 4.71. The van der Waals surface area contributed by atoms with Gasteiger partial charge in [0.1, 0.15) is 0 Å². The fraction of sp³-hybridized carbons (Fsp3) is 0.481. The predicted molar refractivity (Wildman–Crippen MR) is 135 cm³/mol. The molecule has 2 N–H and O–H groups in total. The zero-order valence-corrected chi connectivity index (χ0v) is 20.2. The number of aromatic amines is 1. The number of piperazine rings is 1. The summed E-state index contributed by atoms with van der Waals surface area (Å²) in [5.41, 5.74) is 5.71. The molecule has 0 spiro atoms. The van der Waals surface area contributed by atoms with Crippen LogP contribution in [0.25, 0.3) is 10.4 Å². The maximum Gasteiger partial charge on any atom is 0.270 e. The number of hydrogen-bond donors (Lipinski definition) is 2. The second kappa shape index (κ2) is 9.54. The van der Waals surface area contributed by atoms with Crippen molar-refractivity contribution < 1.29 is 4.79 Å². The Morgan fingerprint density at radius 1 is 1.21 bits per heavy atom. The third-order valence-corrected chi connectivity index (χ3v) is 7.22. The first-order valence-electron chi connectivity index (χ1n) is 11.9. The van der Waals surface area contributed by atoms with E-state index in [1.165, 1.54) is 11.1 Å². The number of hydrogen-bond acceptors (Lipinski definition) is 3.